The van der Waals surface area contributed by atoms with Gasteiger partial charge in [-0.3, -0.25) is 29.8 Å². The van der Waals surface area contributed by atoms with E-state index < -0.39 is 9.85 Å². The molecule has 0 bridgehead atoms. The van der Waals surface area contributed by atoms with Gasteiger partial charge in [0.1, 0.15) is 0 Å². The van der Waals surface area contributed by atoms with Crippen molar-refractivity contribution in [3.8, 4) is 11.5 Å². The van der Waals surface area contributed by atoms with Crippen molar-refractivity contribution >= 4 is 46.6 Å². The van der Waals surface area contributed by atoms with Gasteiger partial charge in [-0.2, -0.15) is 0 Å². The zero-order valence-electron chi connectivity index (χ0n) is 19.3. The summed E-state index contributed by atoms with van der Waals surface area (Å²) in [5, 5.41) is 32.2. The summed E-state index contributed by atoms with van der Waals surface area (Å²) in [5.74, 6) is -0.552. The number of amides is 1. The molecule has 4 rings (SSSR count). The van der Waals surface area contributed by atoms with Gasteiger partial charge in [0.25, 0.3) is 16.6 Å². The number of nitrogens with zero attached hydrogens (tertiary/aromatic N) is 4. The Morgan fingerprint density at radius 2 is 1.63 bits per heavy atom. The van der Waals surface area contributed by atoms with Crippen molar-refractivity contribution in [2.45, 2.75) is 5.22 Å². The number of hydrogen-bond donors (Lipinski definition) is 1. The van der Waals surface area contributed by atoms with E-state index >= 15 is 0 Å². The number of aromatic nitrogens is 2. The molecule has 12 nitrogen and oxygen atoms in total. The molecule has 38 heavy (non-hydrogen) atoms. The Balaban J connectivity index is 1.28. The summed E-state index contributed by atoms with van der Waals surface area (Å²) in [6.45, 7) is 0. The van der Waals surface area contributed by atoms with Crippen molar-refractivity contribution in [3.63, 3.8) is 0 Å². The van der Waals surface area contributed by atoms with Crippen molar-refractivity contribution in [2.75, 3.05) is 11.1 Å². The number of ketones is 1. The number of carbonyl (C=O) groups excluding carboxylic acids is 2. The predicted molar refractivity (Wildman–Crippen MR) is 139 cm³/mol. The topological polar surface area (TPSA) is 171 Å². The van der Waals surface area contributed by atoms with Crippen LogP contribution in [0, 0.1) is 20.2 Å². The molecule has 0 spiro atoms. The Labute approximate surface area is 218 Å². The van der Waals surface area contributed by atoms with Gasteiger partial charge in [-0.1, -0.05) is 23.9 Å². The normalized spacial score (nSPS) is 10.8. The van der Waals surface area contributed by atoms with Crippen LogP contribution in [0.2, 0.25) is 0 Å². The van der Waals surface area contributed by atoms with E-state index in [1.54, 1.807) is 48.5 Å². The van der Waals surface area contributed by atoms with Gasteiger partial charge >= 0.3 is 0 Å². The number of nitro benzene ring substituents is 2. The van der Waals surface area contributed by atoms with E-state index in [9.17, 15) is 29.8 Å². The number of thioether (sulfide) groups is 1. The van der Waals surface area contributed by atoms with Gasteiger partial charge < -0.3 is 9.73 Å². The standard InChI is InChI=1S/C25H17N5O7S/c31-22(13-6-16-4-11-20(12-5-16)29(33)34)17-7-9-19(10-8-17)26-23(32)15-38-25-28-27-24(37-25)18-2-1-3-21(14-18)30(35)36/h1-14H,15H2,(H,26,32)/b13-6-. The minimum absolute atomic E-state index is 0.0325. The number of anilines is 1. The van der Waals surface area contributed by atoms with Gasteiger partial charge in [0.05, 0.1) is 15.6 Å². The highest BCUT2D eigenvalue weighted by atomic mass is 32.2. The Bertz CT molecular complexity index is 1530. The van der Waals surface area contributed by atoms with Crippen LogP contribution in [0.1, 0.15) is 15.9 Å². The first kappa shape index (κ1) is 25.9. The second kappa shape index (κ2) is 11.7. The molecule has 0 aliphatic carbocycles. The molecule has 190 valence electrons. The highest BCUT2D eigenvalue weighted by Gasteiger charge is 2.14. The van der Waals surface area contributed by atoms with Crippen LogP contribution in [0.5, 0.6) is 0 Å². The van der Waals surface area contributed by atoms with E-state index in [1.165, 1.54) is 36.4 Å². The third-order valence-corrected chi connectivity index (χ3v) is 5.84. The number of rotatable bonds is 10. The van der Waals surface area contributed by atoms with Crippen LogP contribution < -0.4 is 5.32 Å². The molecule has 0 fully saturated rings. The molecule has 0 saturated carbocycles. The summed E-state index contributed by atoms with van der Waals surface area (Å²) in [4.78, 5) is 45.3. The molecule has 0 aliphatic heterocycles. The van der Waals surface area contributed by atoms with Crippen molar-refractivity contribution in [3.05, 3.63) is 110 Å². The summed E-state index contributed by atoms with van der Waals surface area (Å²) in [6.07, 6.45) is 2.92. The van der Waals surface area contributed by atoms with E-state index in [2.05, 4.69) is 15.5 Å². The number of nitrogens with one attached hydrogen (secondary N) is 1. The molecule has 1 N–H and O–H groups in total. The Morgan fingerprint density at radius 1 is 0.921 bits per heavy atom. The van der Waals surface area contributed by atoms with Crippen LogP contribution in [-0.4, -0.2) is 37.5 Å². The summed E-state index contributed by atoms with van der Waals surface area (Å²) in [7, 11) is 0. The first-order valence-electron chi connectivity index (χ1n) is 10.9. The quantitative estimate of drug-likeness (QED) is 0.0944. The summed E-state index contributed by atoms with van der Waals surface area (Å²) >= 11 is 1.00. The fraction of sp³-hybridized carbons (Fsp3) is 0.0400. The minimum atomic E-state index is -0.527. The molecule has 0 aliphatic rings. The van der Waals surface area contributed by atoms with E-state index in [-0.39, 0.29) is 39.9 Å². The highest BCUT2D eigenvalue weighted by molar-refractivity contribution is 7.99. The number of benzene rings is 3. The predicted octanol–water partition coefficient (Wildman–Crippen LogP) is 5.18. The van der Waals surface area contributed by atoms with E-state index in [4.69, 9.17) is 4.42 Å². The maximum absolute atomic E-state index is 12.4. The molecule has 1 aromatic heterocycles. The monoisotopic (exact) mass is 531 g/mol. The summed E-state index contributed by atoms with van der Waals surface area (Å²) in [5.41, 5.74) is 1.77. The average Bonchev–Trinajstić information content (AvgIpc) is 3.40. The molecule has 0 radical (unpaired) electrons. The lowest BCUT2D eigenvalue weighted by Crippen LogP contribution is -2.14. The third-order valence-electron chi connectivity index (χ3n) is 5.02. The van der Waals surface area contributed by atoms with E-state index in [0.29, 0.717) is 22.4 Å². The van der Waals surface area contributed by atoms with Crippen molar-refractivity contribution in [1.82, 2.24) is 10.2 Å². The largest absolute Gasteiger partial charge is 0.411 e. The van der Waals surface area contributed by atoms with Crippen LogP contribution in [0.25, 0.3) is 17.5 Å². The zero-order valence-corrected chi connectivity index (χ0v) is 20.2. The SMILES string of the molecule is O=C(CSc1nnc(-c2cccc([N+](=O)[O-])c2)o1)Nc1ccc(C(=O)/C=C\c2ccc([N+](=O)[O-])cc2)cc1. The van der Waals surface area contributed by atoms with Crippen LogP contribution in [0.15, 0.2) is 88.5 Å². The lowest BCUT2D eigenvalue weighted by Gasteiger charge is -2.05. The smallest absolute Gasteiger partial charge is 0.277 e. The third kappa shape index (κ3) is 6.73. The molecule has 13 heteroatoms. The van der Waals surface area contributed by atoms with Gasteiger partial charge in [0.2, 0.25) is 11.8 Å². The first-order valence-corrected chi connectivity index (χ1v) is 11.8. The van der Waals surface area contributed by atoms with Crippen LogP contribution in [-0.2, 0) is 4.79 Å². The van der Waals surface area contributed by atoms with Crippen molar-refractivity contribution in [1.29, 1.82) is 0 Å². The second-order valence-corrected chi connectivity index (χ2v) is 8.57. The lowest BCUT2D eigenvalue weighted by atomic mass is 10.1. The van der Waals surface area contributed by atoms with Gasteiger partial charge in [-0.05, 0) is 54.1 Å². The number of nitro groups is 2. The minimum Gasteiger partial charge on any atom is -0.411 e. The Kier molecular flexibility index (Phi) is 7.98. The second-order valence-electron chi connectivity index (χ2n) is 7.64. The van der Waals surface area contributed by atoms with Gasteiger partial charge in [0.15, 0.2) is 5.78 Å². The highest BCUT2D eigenvalue weighted by Crippen LogP contribution is 2.26. The first-order chi connectivity index (χ1) is 18.3. The molecule has 1 heterocycles. The number of carbonyl (C=O) groups is 2. The molecule has 0 atom stereocenters. The average molecular weight is 532 g/mol. The number of hydrogen-bond acceptors (Lipinski definition) is 10. The van der Waals surface area contributed by atoms with Crippen molar-refractivity contribution in [2.24, 2.45) is 0 Å². The summed E-state index contributed by atoms with van der Waals surface area (Å²) in [6, 6.07) is 17.9. The zero-order chi connectivity index (χ0) is 27.1. The van der Waals surface area contributed by atoms with Gasteiger partial charge in [-0.25, -0.2) is 0 Å². The maximum Gasteiger partial charge on any atom is 0.277 e. The Hall–Kier alpha value is -5.17. The number of non-ortho nitro benzene ring substituents is 2. The van der Waals surface area contributed by atoms with E-state index in [1.807, 2.05) is 0 Å². The fourth-order valence-corrected chi connectivity index (χ4v) is 3.72. The summed E-state index contributed by atoms with van der Waals surface area (Å²) < 4.78 is 5.48. The van der Waals surface area contributed by atoms with Gasteiger partial charge in [0, 0.05) is 41.1 Å². The van der Waals surface area contributed by atoms with Crippen LogP contribution in [0.3, 0.4) is 0 Å². The van der Waals surface area contributed by atoms with Crippen LogP contribution >= 0.6 is 11.8 Å². The fourth-order valence-electron chi connectivity index (χ4n) is 3.15. The molecular formula is C25H17N5O7S. The molecular weight excluding hydrogens is 514 g/mol. The van der Waals surface area contributed by atoms with Crippen LogP contribution in [0.4, 0.5) is 17.1 Å². The molecule has 0 unspecified atom stereocenters. The molecule has 4 aromatic rings. The van der Waals surface area contributed by atoms with Crippen molar-refractivity contribution < 1.29 is 23.9 Å². The lowest BCUT2D eigenvalue weighted by molar-refractivity contribution is -0.385. The Morgan fingerprint density at radius 3 is 2.32 bits per heavy atom. The number of allylic oxidation sites excluding steroid dienone is 1. The molecule has 1 amide bonds. The van der Waals surface area contributed by atoms with E-state index in [0.717, 1.165) is 11.8 Å². The molecule has 3 aromatic carbocycles. The van der Waals surface area contributed by atoms with Gasteiger partial charge in [-0.15, -0.1) is 10.2 Å². The maximum atomic E-state index is 12.4. The molecule has 0 saturated heterocycles.